The Hall–Kier alpha value is -0.223. The molecule has 0 amide bonds. The van der Waals surface area contributed by atoms with Crippen LogP contribution in [0.25, 0.3) is 0 Å². The minimum absolute atomic E-state index is 0.643. The smallest absolute Gasteiger partial charge is 0.351 e. The summed E-state index contributed by atoms with van der Waals surface area (Å²) in [7, 11) is -3.14. The zero-order chi connectivity index (χ0) is 17.3. The molecule has 10 atom stereocenters. The van der Waals surface area contributed by atoms with Crippen molar-refractivity contribution in [1.29, 1.82) is 0 Å². The second-order valence-electron chi connectivity index (χ2n) is 5.53. The molecule has 11 nitrogen and oxygen atoms in total. The first-order chi connectivity index (χ1) is 10.8. The van der Waals surface area contributed by atoms with E-state index in [0.717, 1.165) is 0 Å². The summed E-state index contributed by atoms with van der Waals surface area (Å²) in [6.45, 7) is -1.30. The SMILES string of the molecule is OC[C@H]1O[C@@H](O[C@H]2[C@H](O)[C@@H](O)[SiH](O)O[C@@H]2CO)[C@H](O)[C@@H](O)[C@H]1O. The molecule has 2 heterocycles. The third-order valence-electron chi connectivity index (χ3n) is 3.98. The fourth-order valence-electron chi connectivity index (χ4n) is 2.57. The Bertz CT molecular complexity index is 383. The Morgan fingerprint density at radius 1 is 0.826 bits per heavy atom. The van der Waals surface area contributed by atoms with E-state index < -0.39 is 77.2 Å². The third-order valence-corrected chi connectivity index (χ3v) is 5.59. The van der Waals surface area contributed by atoms with Crippen molar-refractivity contribution in [3.8, 4) is 0 Å². The predicted molar refractivity (Wildman–Crippen MR) is 72.0 cm³/mol. The van der Waals surface area contributed by atoms with Gasteiger partial charge in [-0.15, -0.1) is 0 Å². The van der Waals surface area contributed by atoms with Gasteiger partial charge in [0.2, 0.25) is 0 Å². The molecule has 0 saturated carbocycles. The third kappa shape index (κ3) is 3.73. The molecule has 2 aliphatic heterocycles. The van der Waals surface area contributed by atoms with E-state index in [1.165, 1.54) is 0 Å². The summed E-state index contributed by atoms with van der Waals surface area (Å²) in [4.78, 5) is 9.54. The maximum absolute atomic E-state index is 9.98. The van der Waals surface area contributed by atoms with Crippen molar-refractivity contribution in [2.45, 2.75) is 54.7 Å². The van der Waals surface area contributed by atoms with Gasteiger partial charge in [0, 0.05) is 0 Å². The molecule has 0 aromatic carbocycles. The summed E-state index contributed by atoms with van der Waals surface area (Å²) in [5, 5.41) is 67.2. The Balaban J connectivity index is 2.11. The van der Waals surface area contributed by atoms with E-state index in [9.17, 15) is 35.4 Å². The summed E-state index contributed by atoms with van der Waals surface area (Å²) < 4.78 is 15.4. The van der Waals surface area contributed by atoms with Crippen molar-refractivity contribution in [2.24, 2.45) is 0 Å². The Kier molecular flexibility index (Phi) is 6.46. The van der Waals surface area contributed by atoms with Gasteiger partial charge in [0.15, 0.2) is 6.29 Å². The summed E-state index contributed by atoms with van der Waals surface area (Å²) in [6.07, 6.45) is -11.9. The highest BCUT2D eigenvalue weighted by molar-refractivity contribution is 6.45. The number of rotatable bonds is 4. The summed E-state index contributed by atoms with van der Waals surface area (Å²) in [6, 6.07) is 0. The lowest BCUT2D eigenvalue weighted by molar-refractivity contribution is -0.328. The monoisotopic (exact) mass is 358 g/mol. The van der Waals surface area contributed by atoms with E-state index in [0.29, 0.717) is 0 Å². The van der Waals surface area contributed by atoms with Gasteiger partial charge in [0.05, 0.1) is 19.3 Å². The number of aliphatic hydroxyl groups is 7. The molecule has 2 saturated heterocycles. The first kappa shape index (κ1) is 19.1. The highest BCUT2D eigenvalue weighted by Crippen LogP contribution is 2.27. The van der Waals surface area contributed by atoms with Crippen molar-refractivity contribution in [2.75, 3.05) is 13.2 Å². The molecule has 0 aromatic heterocycles. The van der Waals surface area contributed by atoms with Crippen LogP contribution in [0, 0.1) is 0 Å². The number of hydrogen-bond acceptors (Lipinski definition) is 11. The number of hydrogen-bond donors (Lipinski definition) is 8. The van der Waals surface area contributed by atoms with E-state index in [4.69, 9.17) is 19.0 Å². The molecule has 0 spiro atoms. The van der Waals surface area contributed by atoms with Crippen LogP contribution in [0.15, 0.2) is 0 Å². The van der Waals surface area contributed by atoms with Crippen molar-refractivity contribution >= 4 is 9.28 Å². The molecule has 2 aliphatic rings. The van der Waals surface area contributed by atoms with Gasteiger partial charge >= 0.3 is 9.28 Å². The van der Waals surface area contributed by atoms with Crippen molar-refractivity contribution in [1.82, 2.24) is 0 Å². The van der Waals surface area contributed by atoms with Gasteiger partial charge < -0.3 is 54.4 Å². The first-order valence-electron chi connectivity index (χ1n) is 7.08. The van der Waals surface area contributed by atoms with Crippen LogP contribution in [-0.4, -0.2) is 118 Å². The average molecular weight is 358 g/mol. The maximum atomic E-state index is 9.98. The molecule has 23 heavy (non-hydrogen) atoms. The van der Waals surface area contributed by atoms with Crippen molar-refractivity contribution in [3.05, 3.63) is 0 Å². The molecule has 0 radical (unpaired) electrons. The van der Waals surface area contributed by atoms with E-state index >= 15 is 0 Å². The van der Waals surface area contributed by atoms with Crippen LogP contribution in [0.4, 0.5) is 0 Å². The molecule has 0 bridgehead atoms. The molecular weight excluding hydrogens is 336 g/mol. The minimum Gasteiger partial charge on any atom is -0.411 e. The standard InChI is InChI=1S/C11H22O11Si/c12-1-3-5(14)6(15)7(16)11(20-3)21-9-4(2-13)22-23(19)10(18)8(9)17/h3-19,23H,1-2H2/t3-,4-,5+,6+,7-,8+,9-,10+,11+,23?/m1/s1. The van der Waals surface area contributed by atoms with Crippen LogP contribution in [0.5, 0.6) is 0 Å². The van der Waals surface area contributed by atoms with Crippen molar-refractivity contribution < 1.29 is 54.4 Å². The topological polar surface area (TPSA) is 190 Å². The van der Waals surface area contributed by atoms with E-state index in [-0.39, 0.29) is 0 Å². The Labute approximate surface area is 132 Å². The Morgan fingerprint density at radius 2 is 1.43 bits per heavy atom. The molecule has 136 valence electrons. The highest BCUT2D eigenvalue weighted by atomic mass is 28.3. The first-order valence-corrected chi connectivity index (χ1v) is 8.73. The van der Waals surface area contributed by atoms with Gasteiger partial charge in [-0.3, -0.25) is 0 Å². The van der Waals surface area contributed by atoms with Crippen LogP contribution >= 0.6 is 0 Å². The predicted octanol–water partition coefficient (Wildman–Crippen LogP) is -5.96. The molecule has 8 N–H and O–H groups in total. The summed E-state index contributed by atoms with van der Waals surface area (Å²) in [5.41, 5.74) is -1.59. The molecule has 2 fully saturated rings. The van der Waals surface area contributed by atoms with Gasteiger partial charge in [0.1, 0.15) is 42.4 Å². The second-order valence-corrected chi connectivity index (χ2v) is 7.26. The molecule has 0 aromatic rings. The summed E-state index contributed by atoms with van der Waals surface area (Å²) in [5.74, 6) is 0. The average Bonchev–Trinajstić information content (AvgIpc) is 2.55. The number of ether oxygens (including phenoxy) is 2. The van der Waals surface area contributed by atoms with Crippen LogP contribution in [-0.2, 0) is 13.9 Å². The second kappa shape index (κ2) is 7.77. The quantitative estimate of drug-likeness (QED) is 0.223. The van der Waals surface area contributed by atoms with Gasteiger partial charge in [-0.2, -0.15) is 0 Å². The highest BCUT2D eigenvalue weighted by Gasteiger charge is 2.50. The summed E-state index contributed by atoms with van der Waals surface area (Å²) >= 11 is 0. The zero-order valence-corrected chi connectivity index (χ0v) is 13.1. The van der Waals surface area contributed by atoms with E-state index in [2.05, 4.69) is 0 Å². The maximum Gasteiger partial charge on any atom is 0.351 e. The van der Waals surface area contributed by atoms with Gasteiger partial charge in [-0.1, -0.05) is 0 Å². The lowest BCUT2D eigenvalue weighted by atomic mass is 9.99. The van der Waals surface area contributed by atoms with Gasteiger partial charge in [-0.05, 0) is 0 Å². The molecule has 1 unspecified atom stereocenters. The van der Waals surface area contributed by atoms with Crippen molar-refractivity contribution in [3.63, 3.8) is 0 Å². The fraction of sp³-hybridized carbons (Fsp3) is 1.00. The zero-order valence-electron chi connectivity index (χ0n) is 12.0. The minimum atomic E-state index is -3.14. The van der Waals surface area contributed by atoms with Gasteiger partial charge in [-0.25, -0.2) is 0 Å². The van der Waals surface area contributed by atoms with Crippen LogP contribution in [0.2, 0.25) is 0 Å². The van der Waals surface area contributed by atoms with Crippen LogP contribution in [0.1, 0.15) is 0 Å². The lowest BCUT2D eigenvalue weighted by Gasteiger charge is -2.45. The molecule has 0 aliphatic carbocycles. The Morgan fingerprint density at radius 3 is 2.00 bits per heavy atom. The normalized spacial score (nSPS) is 51.7. The lowest BCUT2D eigenvalue weighted by Crippen LogP contribution is -2.65. The van der Waals surface area contributed by atoms with Gasteiger partial charge in [0.25, 0.3) is 0 Å². The number of aliphatic hydroxyl groups excluding tert-OH is 7. The van der Waals surface area contributed by atoms with E-state index in [1.807, 2.05) is 0 Å². The van der Waals surface area contributed by atoms with E-state index in [1.54, 1.807) is 0 Å². The van der Waals surface area contributed by atoms with Crippen LogP contribution < -0.4 is 0 Å². The molecule has 12 heteroatoms. The van der Waals surface area contributed by atoms with Crippen LogP contribution in [0.3, 0.4) is 0 Å². The molecular formula is C11H22O11Si. The fourth-order valence-corrected chi connectivity index (χ4v) is 3.89. The molecule has 2 rings (SSSR count). The largest absolute Gasteiger partial charge is 0.411 e.